The van der Waals surface area contributed by atoms with Crippen molar-refractivity contribution in [3.63, 3.8) is 0 Å². The number of sulfonamides is 1. The van der Waals surface area contributed by atoms with E-state index in [0.29, 0.717) is 15.9 Å². The van der Waals surface area contributed by atoms with Crippen molar-refractivity contribution in [2.45, 2.75) is 4.90 Å². The number of rotatable bonds is 4. The third-order valence-electron chi connectivity index (χ3n) is 2.59. The molecule has 0 aliphatic carbocycles. The van der Waals surface area contributed by atoms with Crippen LogP contribution in [0, 0.1) is 5.82 Å². The number of nitrogens with one attached hydrogen (secondary N) is 1. The quantitative estimate of drug-likeness (QED) is 0.779. The maximum absolute atomic E-state index is 13.0. The van der Waals surface area contributed by atoms with Crippen molar-refractivity contribution in [1.82, 2.24) is 0 Å². The maximum Gasteiger partial charge on any atom is 0.263 e. The molecule has 0 amide bonds. The van der Waals surface area contributed by atoms with Crippen LogP contribution in [0.1, 0.15) is 0 Å². The van der Waals surface area contributed by atoms with Gasteiger partial charge in [-0.2, -0.15) is 0 Å². The summed E-state index contributed by atoms with van der Waals surface area (Å²) in [6.07, 6.45) is 0. The fourth-order valence-electron chi connectivity index (χ4n) is 1.63. The molecule has 2 aromatic rings. The first-order chi connectivity index (χ1) is 9.83. The summed E-state index contributed by atoms with van der Waals surface area (Å²) < 4.78 is 46.0. The summed E-state index contributed by atoms with van der Waals surface area (Å²) in [7, 11) is -2.35. The molecule has 0 radical (unpaired) electrons. The lowest BCUT2D eigenvalue weighted by atomic mass is 10.3. The van der Waals surface area contributed by atoms with Crippen LogP contribution >= 0.6 is 31.9 Å². The molecule has 0 bridgehead atoms. The minimum atomic E-state index is -3.83. The smallest absolute Gasteiger partial charge is 0.263 e. The van der Waals surface area contributed by atoms with E-state index in [0.717, 1.165) is 12.1 Å². The molecule has 0 heterocycles. The van der Waals surface area contributed by atoms with Gasteiger partial charge in [-0.3, -0.25) is 4.72 Å². The van der Waals surface area contributed by atoms with Crippen molar-refractivity contribution >= 4 is 47.6 Å². The van der Waals surface area contributed by atoms with Crippen LogP contribution in [0.5, 0.6) is 5.75 Å². The summed E-state index contributed by atoms with van der Waals surface area (Å²) >= 11 is 6.33. The molecule has 0 unspecified atom stereocenters. The van der Waals surface area contributed by atoms with Gasteiger partial charge in [0.2, 0.25) is 0 Å². The Morgan fingerprint density at radius 2 is 1.81 bits per heavy atom. The number of anilines is 1. The van der Waals surface area contributed by atoms with Crippen molar-refractivity contribution < 1.29 is 17.5 Å². The Balaban J connectivity index is 2.37. The van der Waals surface area contributed by atoms with Gasteiger partial charge >= 0.3 is 0 Å². The van der Waals surface area contributed by atoms with Crippen LogP contribution in [0.3, 0.4) is 0 Å². The fourth-order valence-corrected chi connectivity index (χ4v) is 4.14. The van der Waals surface area contributed by atoms with Crippen molar-refractivity contribution in [2.24, 2.45) is 0 Å². The van der Waals surface area contributed by atoms with E-state index in [-0.39, 0.29) is 9.37 Å². The average molecular weight is 439 g/mol. The summed E-state index contributed by atoms with van der Waals surface area (Å²) in [5.74, 6) is -0.0282. The Labute approximate surface area is 138 Å². The van der Waals surface area contributed by atoms with Gasteiger partial charge < -0.3 is 4.74 Å². The number of ether oxygens (including phenoxy) is 1. The zero-order valence-electron chi connectivity index (χ0n) is 10.7. The van der Waals surface area contributed by atoms with Crippen molar-refractivity contribution in [3.05, 3.63) is 51.2 Å². The highest BCUT2D eigenvalue weighted by molar-refractivity contribution is 9.10. The van der Waals surface area contributed by atoms with Gasteiger partial charge in [0, 0.05) is 10.5 Å². The van der Waals surface area contributed by atoms with E-state index in [1.807, 2.05) is 0 Å². The SMILES string of the molecule is COc1cc(NS(=O)(=O)c2ccc(F)cc2Br)ccc1Br. The van der Waals surface area contributed by atoms with E-state index >= 15 is 0 Å². The van der Waals surface area contributed by atoms with Gasteiger partial charge in [0.15, 0.2) is 0 Å². The number of hydrogen-bond donors (Lipinski definition) is 1. The van der Waals surface area contributed by atoms with Gasteiger partial charge in [0.1, 0.15) is 16.5 Å². The molecule has 8 heteroatoms. The Morgan fingerprint density at radius 1 is 1.10 bits per heavy atom. The molecule has 21 heavy (non-hydrogen) atoms. The highest BCUT2D eigenvalue weighted by atomic mass is 79.9. The summed E-state index contributed by atoms with van der Waals surface area (Å²) in [6.45, 7) is 0. The predicted molar refractivity (Wildman–Crippen MR) is 85.6 cm³/mol. The van der Waals surface area contributed by atoms with Crippen LogP contribution in [0.25, 0.3) is 0 Å². The van der Waals surface area contributed by atoms with Crippen LogP contribution in [-0.2, 0) is 10.0 Å². The molecule has 0 atom stereocenters. The Bertz CT molecular complexity index is 781. The van der Waals surface area contributed by atoms with Gasteiger partial charge in [0.25, 0.3) is 10.0 Å². The minimum Gasteiger partial charge on any atom is -0.495 e. The van der Waals surface area contributed by atoms with Crippen molar-refractivity contribution in [3.8, 4) is 5.75 Å². The second kappa shape index (κ2) is 6.33. The van der Waals surface area contributed by atoms with E-state index in [9.17, 15) is 12.8 Å². The lowest BCUT2D eigenvalue weighted by Gasteiger charge is -2.11. The molecule has 0 saturated heterocycles. The fraction of sp³-hybridized carbons (Fsp3) is 0.0769. The Morgan fingerprint density at radius 3 is 2.43 bits per heavy atom. The van der Waals surface area contributed by atoms with Crippen LogP contribution in [0.15, 0.2) is 50.2 Å². The summed E-state index contributed by atoms with van der Waals surface area (Å²) in [4.78, 5) is -0.0502. The molecule has 0 fully saturated rings. The standard InChI is InChI=1S/C13H10Br2FNO3S/c1-20-12-7-9(3-4-10(12)14)17-21(18,19)13-5-2-8(16)6-11(13)15/h2-7,17H,1H3. The third kappa shape index (κ3) is 3.75. The number of halogens is 3. The molecular formula is C13H10Br2FNO3S. The van der Waals surface area contributed by atoms with Gasteiger partial charge in [-0.05, 0) is 62.2 Å². The molecule has 0 aliphatic rings. The van der Waals surface area contributed by atoms with Gasteiger partial charge in [0.05, 0.1) is 17.3 Å². The Hall–Kier alpha value is -1.12. The first kappa shape index (κ1) is 16.3. The van der Waals surface area contributed by atoms with Crippen LogP contribution < -0.4 is 9.46 Å². The van der Waals surface area contributed by atoms with Crippen LogP contribution in [0.4, 0.5) is 10.1 Å². The van der Waals surface area contributed by atoms with E-state index in [2.05, 4.69) is 36.6 Å². The lowest BCUT2D eigenvalue weighted by Crippen LogP contribution is -2.13. The number of methoxy groups -OCH3 is 1. The molecule has 1 N–H and O–H groups in total. The molecule has 2 aromatic carbocycles. The van der Waals surface area contributed by atoms with Crippen LogP contribution in [0.2, 0.25) is 0 Å². The molecule has 0 aliphatic heterocycles. The van der Waals surface area contributed by atoms with E-state index in [1.165, 1.54) is 13.2 Å². The number of benzene rings is 2. The Kier molecular flexibility index (Phi) is 4.90. The molecule has 4 nitrogen and oxygen atoms in total. The van der Waals surface area contributed by atoms with E-state index in [4.69, 9.17) is 4.74 Å². The van der Waals surface area contributed by atoms with Gasteiger partial charge in [-0.1, -0.05) is 0 Å². The van der Waals surface area contributed by atoms with E-state index in [1.54, 1.807) is 18.2 Å². The predicted octanol–water partition coefficient (Wildman–Crippen LogP) is 4.16. The summed E-state index contributed by atoms with van der Waals surface area (Å²) in [6, 6.07) is 8.16. The first-order valence-electron chi connectivity index (χ1n) is 5.65. The largest absolute Gasteiger partial charge is 0.495 e. The molecular weight excluding hydrogens is 429 g/mol. The zero-order chi connectivity index (χ0) is 15.6. The third-order valence-corrected chi connectivity index (χ3v) is 5.60. The summed E-state index contributed by atoms with van der Waals surface area (Å²) in [5.41, 5.74) is 0.339. The van der Waals surface area contributed by atoms with Gasteiger partial charge in [-0.15, -0.1) is 0 Å². The zero-order valence-corrected chi connectivity index (χ0v) is 14.7. The summed E-state index contributed by atoms with van der Waals surface area (Å²) in [5, 5.41) is 0. The first-order valence-corrected chi connectivity index (χ1v) is 8.72. The molecule has 112 valence electrons. The lowest BCUT2D eigenvalue weighted by molar-refractivity contribution is 0.412. The van der Waals surface area contributed by atoms with Crippen molar-refractivity contribution in [1.29, 1.82) is 0 Å². The minimum absolute atomic E-state index is 0.0502. The topological polar surface area (TPSA) is 55.4 Å². The molecule has 0 saturated carbocycles. The highest BCUT2D eigenvalue weighted by Gasteiger charge is 2.18. The molecule has 0 spiro atoms. The molecule has 0 aromatic heterocycles. The van der Waals surface area contributed by atoms with Gasteiger partial charge in [-0.25, -0.2) is 12.8 Å². The molecule has 2 rings (SSSR count). The van der Waals surface area contributed by atoms with Crippen LogP contribution in [-0.4, -0.2) is 15.5 Å². The average Bonchev–Trinajstić information content (AvgIpc) is 2.40. The second-order valence-electron chi connectivity index (χ2n) is 4.03. The maximum atomic E-state index is 13.0. The number of hydrogen-bond acceptors (Lipinski definition) is 3. The van der Waals surface area contributed by atoms with E-state index < -0.39 is 15.8 Å². The monoisotopic (exact) mass is 437 g/mol. The normalized spacial score (nSPS) is 11.2. The van der Waals surface area contributed by atoms with Crippen molar-refractivity contribution in [2.75, 3.05) is 11.8 Å². The second-order valence-corrected chi connectivity index (χ2v) is 7.39. The highest BCUT2D eigenvalue weighted by Crippen LogP contribution is 2.30.